The standard InChI is InChI=1S/C15H21N3O2S/c16-8-5-13-6-9-18(10-7-13)21(19,20)12-15-3-1-14(11-17)2-4-15/h1-4,13H,5-10,12,16H2. The minimum Gasteiger partial charge on any atom is -0.330 e. The summed E-state index contributed by atoms with van der Waals surface area (Å²) in [6.45, 7) is 1.84. The van der Waals surface area contributed by atoms with E-state index in [1.165, 1.54) is 0 Å². The molecule has 0 bridgehead atoms. The lowest BCUT2D eigenvalue weighted by atomic mass is 9.95. The molecule has 2 rings (SSSR count). The van der Waals surface area contributed by atoms with E-state index >= 15 is 0 Å². The molecule has 6 heteroatoms. The number of nitrogens with zero attached hydrogens (tertiary/aromatic N) is 2. The van der Waals surface area contributed by atoms with Gasteiger partial charge in [-0.1, -0.05) is 12.1 Å². The van der Waals surface area contributed by atoms with E-state index in [-0.39, 0.29) is 5.75 Å². The zero-order chi connectivity index (χ0) is 15.3. The number of piperidine rings is 1. The fourth-order valence-electron chi connectivity index (χ4n) is 2.69. The van der Waals surface area contributed by atoms with E-state index in [1.807, 2.05) is 6.07 Å². The molecule has 5 nitrogen and oxygen atoms in total. The van der Waals surface area contributed by atoms with Crippen molar-refractivity contribution in [1.29, 1.82) is 5.26 Å². The normalized spacial score (nSPS) is 17.5. The van der Waals surface area contributed by atoms with Gasteiger partial charge in [0, 0.05) is 13.1 Å². The van der Waals surface area contributed by atoms with Crippen molar-refractivity contribution in [3.05, 3.63) is 35.4 Å². The molecule has 1 heterocycles. The van der Waals surface area contributed by atoms with Crippen molar-refractivity contribution in [1.82, 2.24) is 4.31 Å². The maximum atomic E-state index is 12.4. The van der Waals surface area contributed by atoms with Crippen LogP contribution in [-0.4, -0.2) is 32.4 Å². The highest BCUT2D eigenvalue weighted by Crippen LogP contribution is 2.23. The van der Waals surface area contributed by atoms with Gasteiger partial charge in [0.05, 0.1) is 17.4 Å². The summed E-state index contributed by atoms with van der Waals surface area (Å²) in [5.41, 5.74) is 6.81. The second-order valence-corrected chi connectivity index (χ2v) is 7.45. The van der Waals surface area contributed by atoms with E-state index in [1.54, 1.807) is 28.6 Å². The van der Waals surface area contributed by atoms with Crippen LogP contribution in [0.5, 0.6) is 0 Å². The molecule has 1 aromatic carbocycles. The van der Waals surface area contributed by atoms with Gasteiger partial charge in [0.15, 0.2) is 0 Å². The topological polar surface area (TPSA) is 87.2 Å². The summed E-state index contributed by atoms with van der Waals surface area (Å²) in [6, 6.07) is 8.74. The lowest BCUT2D eigenvalue weighted by molar-refractivity contribution is 0.265. The van der Waals surface area contributed by atoms with Gasteiger partial charge in [0.2, 0.25) is 10.0 Å². The smallest absolute Gasteiger partial charge is 0.218 e. The van der Waals surface area contributed by atoms with Gasteiger partial charge in [0.1, 0.15) is 0 Å². The average molecular weight is 307 g/mol. The zero-order valence-corrected chi connectivity index (χ0v) is 12.8. The van der Waals surface area contributed by atoms with Crippen molar-refractivity contribution in [2.24, 2.45) is 11.7 Å². The first kappa shape index (κ1) is 16.0. The molecule has 0 radical (unpaired) electrons. The minimum atomic E-state index is -3.28. The first-order valence-corrected chi connectivity index (χ1v) is 8.83. The van der Waals surface area contributed by atoms with Crippen LogP contribution in [0.25, 0.3) is 0 Å². The van der Waals surface area contributed by atoms with Gasteiger partial charge >= 0.3 is 0 Å². The summed E-state index contributed by atoms with van der Waals surface area (Å²) in [4.78, 5) is 0. The molecule has 21 heavy (non-hydrogen) atoms. The third-order valence-corrected chi connectivity index (χ3v) is 5.82. The molecule has 0 spiro atoms. The number of hydrogen-bond acceptors (Lipinski definition) is 4. The monoisotopic (exact) mass is 307 g/mol. The molecular formula is C15H21N3O2S. The van der Waals surface area contributed by atoms with Crippen LogP contribution in [-0.2, 0) is 15.8 Å². The zero-order valence-electron chi connectivity index (χ0n) is 12.0. The Labute approximate surface area is 126 Å². The van der Waals surface area contributed by atoms with Crippen LogP contribution in [0.1, 0.15) is 30.4 Å². The second kappa shape index (κ2) is 7.03. The van der Waals surface area contributed by atoms with Crippen molar-refractivity contribution in [2.45, 2.75) is 25.0 Å². The number of benzene rings is 1. The summed E-state index contributed by atoms with van der Waals surface area (Å²) >= 11 is 0. The fourth-order valence-corrected chi connectivity index (χ4v) is 4.25. The Bertz CT molecular complexity index is 597. The average Bonchev–Trinajstić information content (AvgIpc) is 2.48. The van der Waals surface area contributed by atoms with Crippen molar-refractivity contribution in [3.63, 3.8) is 0 Å². The maximum Gasteiger partial charge on any atom is 0.218 e. The van der Waals surface area contributed by atoms with Gasteiger partial charge in [-0.2, -0.15) is 5.26 Å². The maximum absolute atomic E-state index is 12.4. The Balaban J connectivity index is 1.97. The molecule has 0 atom stereocenters. The highest BCUT2D eigenvalue weighted by Gasteiger charge is 2.27. The molecule has 1 aromatic rings. The third kappa shape index (κ3) is 4.27. The van der Waals surface area contributed by atoms with Crippen LogP contribution >= 0.6 is 0 Å². The molecule has 0 amide bonds. The molecule has 1 aliphatic heterocycles. The molecule has 2 N–H and O–H groups in total. The largest absolute Gasteiger partial charge is 0.330 e. The molecular weight excluding hydrogens is 286 g/mol. The second-order valence-electron chi connectivity index (χ2n) is 5.48. The molecule has 114 valence electrons. The summed E-state index contributed by atoms with van der Waals surface area (Å²) in [7, 11) is -3.28. The van der Waals surface area contributed by atoms with E-state index < -0.39 is 10.0 Å². The Morgan fingerprint density at radius 3 is 2.38 bits per heavy atom. The number of hydrogen-bond donors (Lipinski definition) is 1. The van der Waals surface area contributed by atoms with Gasteiger partial charge in [-0.3, -0.25) is 0 Å². The van der Waals surface area contributed by atoms with E-state index in [2.05, 4.69) is 0 Å². The first-order chi connectivity index (χ1) is 10.0. The van der Waals surface area contributed by atoms with Gasteiger partial charge in [-0.25, -0.2) is 12.7 Å². The van der Waals surface area contributed by atoms with Crippen LogP contribution in [0, 0.1) is 17.2 Å². The number of rotatable bonds is 5. The van der Waals surface area contributed by atoms with Crippen molar-refractivity contribution < 1.29 is 8.42 Å². The summed E-state index contributed by atoms with van der Waals surface area (Å²) < 4.78 is 26.4. The minimum absolute atomic E-state index is 0.000262. The molecule has 0 aliphatic carbocycles. The van der Waals surface area contributed by atoms with E-state index in [0.717, 1.165) is 24.8 Å². The summed E-state index contributed by atoms with van der Waals surface area (Å²) in [5, 5.41) is 8.75. The lowest BCUT2D eigenvalue weighted by Crippen LogP contribution is -2.39. The van der Waals surface area contributed by atoms with Gasteiger partial charge in [-0.05, 0) is 49.4 Å². The Morgan fingerprint density at radius 1 is 1.24 bits per heavy atom. The van der Waals surface area contributed by atoms with Crippen LogP contribution < -0.4 is 5.73 Å². The SMILES string of the molecule is N#Cc1ccc(CS(=O)(=O)N2CCC(CCN)CC2)cc1. The molecule has 0 saturated carbocycles. The van der Waals surface area contributed by atoms with Crippen LogP contribution in [0.2, 0.25) is 0 Å². The van der Waals surface area contributed by atoms with E-state index in [9.17, 15) is 8.42 Å². The fraction of sp³-hybridized carbons (Fsp3) is 0.533. The number of nitriles is 1. The molecule has 0 aromatic heterocycles. The van der Waals surface area contributed by atoms with Crippen molar-refractivity contribution >= 4 is 10.0 Å². The molecule has 0 unspecified atom stereocenters. The van der Waals surface area contributed by atoms with Gasteiger partial charge in [-0.15, -0.1) is 0 Å². The number of sulfonamides is 1. The van der Waals surface area contributed by atoms with E-state index in [0.29, 0.717) is 31.1 Å². The molecule has 1 aliphatic rings. The lowest BCUT2D eigenvalue weighted by Gasteiger charge is -2.31. The van der Waals surface area contributed by atoms with Crippen molar-refractivity contribution in [3.8, 4) is 6.07 Å². The van der Waals surface area contributed by atoms with Gasteiger partial charge < -0.3 is 5.73 Å². The Hall–Kier alpha value is -1.42. The highest BCUT2D eigenvalue weighted by atomic mass is 32.2. The predicted octanol–water partition coefficient (Wildman–Crippen LogP) is 1.45. The Morgan fingerprint density at radius 2 is 1.86 bits per heavy atom. The van der Waals surface area contributed by atoms with Crippen LogP contribution in [0.15, 0.2) is 24.3 Å². The van der Waals surface area contributed by atoms with E-state index in [4.69, 9.17) is 11.0 Å². The quantitative estimate of drug-likeness (QED) is 0.892. The summed E-state index contributed by atoms with van der Waals surface area (Å²) in [5.74, 6) is 0.552. The molecule has 1 fully saturated rings. The predicted molar refractivity (Wildman–Crippen MR) is 81.7 cm³/mol. The summed E-state index contributed by atoms with van der Waals surface area (Å²) in [6.07, 6.45) is 2.76. The van der Waals surface area contributed by atoms with Crippen LogP contribution in [0.3, 0.4) is 0 Å². The number of nitrogens with two attached hydrogens (primary N) is 1. The van der Waals surface area contributed by atoms with Crippen LogP contribution in [0.4, 0.5) is 0 Å². The van der Waals surface area contributed by atoms with Gasteiger partial charge in [0.25, 0.3) is 0 Å². The van der Waals surface area contributed by atoms with Crippen molar-refractivity contribution in [2.75, 3.05) is 19.6 Å². The third-order valence-electron chi connectivity index (χ3n) is 3.97. The first-order valence-electron chi connectivity index (χ1n) is 7.22. The Kier molecular flexibility index (Phi) is 5.34. The highest BCUT2D eigenvalue weighted by molar-refractivity contribution is 7.88. The molecule has 1 saturated heterocycles.